The number of carbonyl (C=O) groups is 1. The Hall–Kier alpha value is -4.31. The maximum Gasteiger partial charge on any atom is 0.416 e. The summed E-state index contributed by atoms with van der Waals surface area (Å²) in [5, 5.41) is 12.8. The first kappa shape index (κ1) is 22.9. The van der Waals surface area contributed by atoms with Gasteiger partial charge >= 0.3 is 6.18 Å². The summed E-state index contributed by atoms with van der Waals surface area (Å²) in [6.45, 7) is 2.63. The van der Waals surface area contributed by atoms with Crippen molar-refractivity contribution in [2.45, 2.75) is 19.6 Å². The lowest BCUT2D eigenvalue weighted by atomic mass is 10.1. The lowest BCUT2D eigenvalue weighted by Crippen LogP contribution is -2.14. The van der Waals surface area contributed by atoms with E-state index in [4.69, 9.17) is 0 Å². The summed E-state index contributed by atoms with van der Waals surface area (Å²) in [5.74, 6) is -0.780. The molecule has 0 aliphatic carbocycles. The molecule has 1 amide bonds. The highest BCUT2D eigenvalue weighted by molar-refractivity contribution is 6.10. The Morgan fingerprint density at radius 3 is 2.56 bits per heavy atom. The van der Waals surface area contributed by atoms with Gasteiger partial charge in [-0.1, -0.05) is 54.1 Å². The zero-order valence-electron chi connectivity index (χ0n) is 18.2. The van der Waals surface area contributed by atoms with Crippen LogP contribution in [0.5, 0.6) is 0 Å². The fraction of sp³-hybridized carbons (Fsp3) is 0.111. The van der Waals surface area contributed by atoms with Gasteiger partial charge in [-0.25, -0.2) is 0 Å². The number of carbonyl (C=O) groups excluding carboxylic acids is 1. The van der Waals surface area contributed by atoms with E-state index in [9.17, 15) is 23.2 Å². The van der Waals surface area contributed by atoms with Crippen molar-refractivity contribution >= 4 is 28.6 Å². The number of aromatic nitrogens is 1. The van der Waals surface area contributed by atoms with Crippen molar-refractivity contribution in [2.24, 2.45) is 0 Å². The summed E-state index contributed by atoms with van der Waals surface area (Å²) in [7, 11) is 0. The molecule has 7 heteroatoms. The van der Waals surface area contributed by atoms with Gasteiger partial charge in [0, 0.05) is 34.9 Å². The smallest absolute Gasteiger partial charge is 0.342 e. The lowest BCUT2D eigenvalue weighted by molar-refractivity contribution is -0.137. The third-order valence-electron chi connectivity index (χ3n) is 5.37. The van der Waals surface area contributed by atoms with E-state index in [2.05, 4.69) is 11.4 Å². The monoisotopic (exact) mass is 459 g/mol. The van der Waals surface area contributed by atoms with Gasteiger partial charge in [-0.2, -0.15) is 18.4 Å². The number of alkyl halides is 3. The molecule has 0 fully saturated rings. The minimum absolute atomic E-state index is 0.0390. The van der Waals surface area contributed by atoms with Crippen LogP contribution in [0, 0.1) is 18.3 Å². The van der Waals surface area contributed by atoms with Gasteiger partial charge in [0.25, 0.3) is 5.91 Å². The highest BCUT2D eigenvalue weighted by Crippen LogP contribution is 2.31. The molecular formula is C27H20F3N3O. The molecule has 0 radical (unpaired) electrons. The fourth-order valence-electron chi connectivity index (χ4n) is 3.80. The van der Waals surface area contributed by atoms with Gasteiger partial charge in [-0.3, -0.25) is 4.79 Å². The lowest BCUT2D eigenvalue weighted by Gasteiger charge is -2.09. The van der Waals surface area contributed by atoms with Crippen LogP contribution in [0.4, 0.5) is 18.9 Å². The van der Waals surface area contributed by atoms with Crippen LogP contribution < -0.4 is 5.32 Å². The van der Waals surface area contributed by atoms with Crippen molar-refractivity contribution in [1.29, 1.82) is 5.26 Å². The third-order valence-corrected chi connectivity index (χ3v) is 5.37. The molecule has 0 aliphatic heterocycles. The van der Waals surface area contributed by atoms with Crippen LogP contribution in [0.3, 0.4) is 0 Å². The van der Waals surface area contributed by atoms with Crippen molar-refractivity contribution < 1.29 is 18.0 Å². The zero-order valence-corrected chi connectivity index (χ0v) is 18.2. The molecule has 1 aromatic heterocycles. The highest BCUT2D eigenvalue weighted by atomic mass is 19.4. The molecule has 3 aromatic carbocycles. The van der Waals surface area contributed by atoms with Gasteiger partial charge in [-0.15, -0.1) is 0 Å². The molecule has 4 aromatic rings. The summed E-state index contributed by atoms with van der Waals surface area (Å²) >= 11 is 0. The first-order valence-electron chi connectivity index (χ1n) is 10.5. The van der Waals surface area contributed by atoms with Crippen molar-refractivity contribution in [2.75, 3.05) is 5.32 Å². The summed E-state index contributed by atoms with van der Waals surface area (Å²) in [6.07, 6.45) is -1.21. The number of benzene rings is 3. The topological polar surface area (TPSA) is 57.8 Å². The molecular weight excluding hydrogens is 439 g/mol. The number of fused-ring (bicyclic) bond motifs is 1. The van der Waals surface area contributed by atoms with Gasteiger partial charge < -0.3 is 9.88 Å². The molecule has 0 saturated carbocycles. The Kier molecular flexibility index (Phi) is 6.24. The number of halogens is 3. The molecule has 0 unspecified atom stereocenters. The second-order valence-corrected chi connectivity index (χ2v) is 7.92. The minimum atomic E-state index is -4.53. The van der Waals surface area contributed by atoms with Crippen LogP contribution in [0.25, 0.3) is 17.0 Å². The Morgan fingerprint density at radius 1 is 1.06 bits per heavy atom. The van der Waals surface area contributed by atoms with Crippen molar-refractivity contribution in [3.63, 3.8) is 0 Å². The van der Waals surface area contributed by atoms with E-state index in [1.165, 1.54) is 18.2 Å². The molecule has 0 atom stereocenters. The van der Waals surface area contributed by atoms with Gasteiger partial charge in [0.15, 0.2) is 0 Å². The third kappa shape index (κ3) is 5.02. The molecule has 170 valence electrons. The number of hydrogen-bond donors (Lipinski definition) is 1. The quantitative estimate of drug-likeness (QED) is 0.271. The Morgan fingerprint density at radius 2 is 1.82 bits per heavy atom. The number of nitrogens with one attached hydrogen (secondary N) is 1. The maximum absolute atomic E-state index is 13.0. The predicted octanol–water partition coefficient (Wildman–Crippen LogP) is 6.56. The summed E-state index contributed by atoms with van der Waals surface area (Å²) < 4.78 is 40.9. The highest BCUT2D eigenvalue weighted by Gasteiger charge is 2.30. The number of hydrogen-bond acceptors (Lipinski definition) is 2. The fourth-order valence-corrected chi connectivity index (χ4v) is 3.80. The Bertz CT molecular complexity index is 1440. The van der Waals surface area contributed by atoms with Crippen molar-refractivity contribution in [3.05, 3.63) is 107 Å². The molecule has 1 N–H and O–H groups in total. The molecule has 0 bridgehead atoms. The van der Waals surface area contributed by atoms with Crippen LogP contribution in [-0.2, 0) is 17.5 Å². The number of rotatable bonds is 5. The van der Waals surface area contributed by atoms with Crippen molar-refractivity contribution in [3.8, 4) is 6.07 Å². The second kappa shape index (κ2) is 9.28. The summed E-state index contributed by atoms with van der Waals surface area (Å²) in [6, 6.07) is 21.9. The Balaban J connectivity index is 1.66. The van der Waals surface area contributed by atoms with Crippen LogP contribution in [-0.4, -0.2) is 10.5 Å². The number of para-hydroxylation sites is 1. The first-order chi connectivity index (χ1) is 16.2. The Labute approximate surface area is 194 Å². The van der Waals surface area contributed by atoms with Crippen LogP contribution >= 0.6 is 0 Å². The first-order valence-corrected chi connectivity index (χ1v) is 10.5. The number of nitriles is 1. The average Bonchev–Trinajstić information content (AvgIpc) is 3.14. The minimum Gasteiger partial charge on any atom is -0.342 e. The van der Waals surface area contributed by atoms with E-state index in [1.54, 1.807) is 0 Å². The standard InChI is InChI=1S/C27H20F3N3O/c1-18-6-4-7-19(12-18)16-33-17-21(24-10-2-3-11-25(24)33)13-20(15-31)26(34)32-23-9-5-8-22(14-23)27(28,29)30/h2-14,17H,16H2,1H3,(H,32,34)/b20-13+. The molecule has 34 heavy (non-hydrogen) atoms. The van der Waals surface area contributed by atoms with Crippen LogP contribution in [0.15, 0.2) is 84.6 Å². The second-order valence-electron chi connectivity index (χ2n) is 7.92. The van der Waals surface area contributed by atoms with Gasteiger partial charge in [0.05, 0.1) is 5.56 Å². The van der Waals surface area contributed by atoms with E-state index in [0.29, 0.717) is 12.1 Å². The SMILES string of the molecule is Cc1cccc(Cn2cc(/C=C(\C#N)C(=O)Nc3cccc(C(F)(F)F)c3)c3ccccc32)c1. The van der Waals surface area contributed by atoms with Crippen LogP contribution in [0.2, 0.25) is 0 Å². The van der Waals surface area contributed by atoms with E-state index in [1.807, 2.05) is 66.2 Å². The molecule has 4 nitrogen and oxygen atoms in total. The number of anilines is 1. The largest absolute Gasteiger partial charge is 0.416 e. The van der Waals surface area contributed by atoms with E-state index in [0.717, 1.165) is 34.2 Å². The maximum atomic E-state index is 13.0. The molecule has 0 aliphatic rings. The molecule has 0 spiro atoms. The average molecular weight is 459 g/mol. The molecule has 0 saturated heterocycles. The summed E-state index contributed by atoms with van der Waals surface area (Å²) in [4.78, 5) is 12.7. The van der Waals surface area contributed by atoms with E-state index in [-0.39, 0.29) is 11.3 Å². The zero-order chi connectivity index (χ0) is 24.3. The number of amides is 1. The normalized spacial score (nSPS) is 11.9. The number of nitrogens with zero attached hydrogens (tertiary/aromatic N) is 2. The summed E-state index contributed by atoms with van der Waals surface area (Å²) in [5.41, 5.74) is 2.72. The van der Waals surface area contributed by atoms with E-state index >= 15 is 0 Å². The van der Waals surface area contributed by atoms with Gasteiger partial charge in [0.2, 0.25) is 0 Å². The van der Waals surface area contributed by atoms with Crippen molar-refractivity contribution in [1.82, 2.24) is 4.57 Å². The van der Waals surface area contributed by atoms with Crippen LogP contribution in [0.1, 0.15) is 22.3 Å². The number of aryl methyl sites for hydroxylation is 1. The van der Waals surface area contributed by atoms with E-state index < -0.39 is 17.6 Å². The molecule has 1 heterocycles. The predicted molar refractivity (Wildman–Crippen MR) is 126 cm³/mol. The van der Waals surface area contributed by atoms with Gasteiger partial charge in [0.1, 0.15) is 11.6 Å². The molecule has 4 rings (SSSR count). The van der Waals surface area contributed by atoms with Gasteiger partial charge in [-0.05, 0) is 42.8 Å².